The lowest BCUT2D eigenvalue weighted by atomic mass is 10.2. The number of benzene rings is 1. The molecule has 1 aromatic rings. The van der Waals surface area contributed by atoms with Crippen molar-refractivity contribution >= 4 is 16.0 Å². The Morgan fingerprint density at radius 3 is 2.28 bits per heavy atom. The maximum atomic E-state index is 13.0. The third kappa shape index (κ3) is 6.17. The van der Waals surface area contributed by atoms with E-state index in [9.17, 15) is 26.4 Å². The summed E-state index contributed by atoms with van der Waals surface area (Å²) in [6, 6.07) is 3.93. The molecule has 0 saturated carbocycles. The maximum Gasteiger partial charge on any atom is 0.417 e. The van der Waals surface area contributed by atoms with Gasteiger partial charge in [-0.1, -0.05) is 18.2 Å². The minimum absolute atomic E-state index is 0.284. The summed E-state index contributed by atoms with van der Waals surface area (Å²) in [6.45, 7) is 4.73. The Hall–Kier alpha value is -1.87. The molecule has 9 heteroatoms. The molecule has 0 spiro atoms. The first kappa shape index (κ1) is 21.2. The van der Waals surface area contributed by atoms with Crippen LogP contribution in [0.3, 0.4) is 0 Å². The Bertz CT molecular complexity index is 749. The zero-order valence-electron chi connectivity index (χ0n) is 14.3. The molecule has 1 aromatic carbocycles. The fourth-order valence-electron chi connectivity index (χ4n) is 1.82. The van der Waals surface area contributed by atoms with Crippen LogP contribution < -0.4 is 0 Å². The first-order valence-corrected chi connectivity index (χ1v) is 8.71. The molecule has 0 N–H and O–H groups in total. The number of halogens is 3. The molecule has 0 aliphatic heterocycles. The van der Waals surface area contributed by atoms with Gasteiger partial charge in [-0.15, -0.1) is 0 Å². The average Bonchev–Trinajstić information content (AvgIpc) is 2.44. The normalized spacial score (nSPS) is 13.4. The van der Waals surface area contributed by atoms with Crippen LogP contribution in [0.5, 0.6) is 0 Å². The summed E-state index contributed by atoms with van der Waals surface area (Å²) in [5.41, 5.74) is -1.94. The Kier molecular flexibility index (Phi) is 6.41. The van der Waals surface area contributed by atoms with Crippen LogP contribution in [0.1, 0.15) is 26.3 Å². The van der Waals surface area contributed by atoms with Gasteiger partial charge in [-0.2, -0.15) is 17.5 Å². The predicted molar refractivity (Wildman–Crippen MR) is 86.2 cm³/mol. The van der Waals surface area contributed by atoms with Gasteiger partial charge in [-0.3, -0.25) is 0 Å². The minimum Gasteiger partial charge on any atom is -0.457 e. The topological polar surface area (TPSA) is 63.7 Å². The van der Waals surface area contributed by atoms with Crippen LogP contribution in [0.2, 0.25) is 0 Å². The summed E-state index contributed by atoms with van der Waals surface area (Å²) >= 11 is 0. The zero-order chi connectivity index (χ0) is 19.5. The highest BCUT2D eigenvalue weighted by molar-refractivity contribution is 7.89. The van der Waals surface area contributed by atoms with Crippen LogP contribution in [0, 0.1) is 0 Å². The number of nitrogens with zero attached hydrogens (tertiary/aromatic N) is 1. The third-order valence-corrected chi connectivity index (χ3v) is 4.79. The van der Waals surface area contributed by atoms with Crippen molar-refractivity contribution in [2.75, 3.05) is 13.6 Å². The fraction of sp³-hybridized carbons (Fsp3) is 0.438. The molecule has 140 valence electrons. The van der Waals surface area contributed by atoms with Crippen LogP contribution >= 0.6 is 0 Å². The SMILES string of the molecule is CN(CC=CC(=O)OC(C)(C)C)S(=O)(=O)c1ccccc1C(F)(F)F. The quantitative estimate of drug-likeness (QED) is 0.582. The summed E-state index contributed by atoms with van der Waals surface area (Å²) in [4.78, 5) is 10.7. The van der Waals surface area contributed by atoms with Gasteiger partial charge in [0.05, 0.1) is 10.5 Å². The second-order valence-corrected chi connectivity index (χ2v) is 8.23. The number of hydrogen-bond donors (Lipinski definition) is 0. The van der Waals surface area contributed by atoms with Crippen molar-refractivity contribution in [2.45, 2.75) is 37.4 Å². The molecular formula is C16H20F3NO4S. The molecule has 5 nitrogen and oxygen atoms in total. The van der Waals surface area contributed by atoms with E-state index in [1.54, 1.807) is 20.8 Å². The lowest BCUT2D eigenvalue weighted by Gasteiger charge is -2.19. The van der Waals surface area contributed by atoms with Crippen LogP contribution in [0.4, 0.5) is 13.2 Å². The predicted octanol–water partition coefficient (Wildman–Crippen LogP) is 3.22. The zero-order valence-corrected chi connectivity index (χ0v) is 15.1. The highest BCUT2D eigenvalue weighted by Crippen LogP contribution is 2.34. The van der Waals surface area contributed by atoms with E-state index in [2.05, 4.69) is 0 Å². The van der Waals surface area contributed by atoms with Gasteiger partial charge in [-0.25, -0.2) is 13.2 Å². The van der Waals surface area contributed by atoms with Gasteiger partial charge in [0.1, 0.15) is 5.60 Å². The number of esters is 1. The van der Waals surface area contributed by atoms with Crippen LogP contribution in [0.25, 0.3) is 0 Å². The fourth-order valence-corrected chi connectivity index (χ4v) is 3.16. The number of alkyl halides is 3. The van der Waals surface area contributed by atoms with Gasteiger partial charge in [0.15, 0.2) is 0 Å². The smallest absolute Gasteiger partial charge is 0.417 e. The van der Waals surface area contributed by atoms with E-state index < -0.39 is 38.2 Å². The first-order valence-electron chi connectivity index (χ1n) is 7.27. The van der Waals surface area contributed by atoms with E-state index in [-0.39, 0.29) is 6.54 Å². The largest absolute Gasteiger partial charge is 0.457 e. The molecule has 0 aromatic heterocycles. The molecule has 25 heavy (non-hydrogen) atoms. The molecular weight excluding hydrogens is 359 g/mol. The lowest BCUT2D eigenvalue weighted by Crippen LogP contribution is -2.29. The van der Waals surface area contributed by atoms with Crippen LogP contribution in [-0.4, -0.2) is 37.9 Å². The van der Waals surface area contributed by atoms with Gasteiger partial charge in [-0.05, 0) is 32.9 Å². The van der Waals surface area contributed by atoms with Crippen molar-refractivity contribution in [3.05, 3.63) is 42.0 Å². The highest BCUT2D eigenvalue weighted by atomic mass is 32.2. The number of carbonyl (C=O) groups is 1. The van der Waals surface area contributed by atoms with Crippen LogP contribution in [-0.2, 0) is 25.7 Å². The number of sulfonamides is 1. The average molecular weight is 379 g/mol. The highest BCUT2D eigenvalue weighted by Gasteiger charge is 2.37. The van der Waals surface area contributed by atoms with Crippen molar-refractivity contribution in [1.29, 1.82) is 0 Å². The Labute approximate surface area is 145 Å². The van der Waals surface area contributed by atoms with Crippen molar-refractivity contribution < 1.29 is 31.1 Å². The summed E-state index contributed by atoms with van der Waals surface area (Å²) in [7, 11) is -3.25. The molecule has 0 saturated heterocycles. The summed E-state index contributed by atoms with van der Waals surface area (Å²) in [5.74, 6) is -0.672. The summed E-state index contributed by atoms with van der Waals surface area (Å²) in [5, 5.41) is 0. The first-order chi connectivity index (χ1) is 11.2. The number of hydrogen-bond acceptors (Lipinski definition) is 4. The molecule has 0 fully saturated rings. The molecule has 0 amide bonds. The van der Waals surface area contributed by atoms with E-state index >= 15 is 0 Å². The number of ether oxygens (including phenoxy) is 1. The minimum atomic E-state index is -4.79. The molecule has 0 aliphatic carbocycles. The van der Waals surface area contributed by atoms with Gasteiger partial charge in [0.25, 0.3) is 0 Å². The number of likely N-dealkylation sites (N-methyl/N-ethyl adjacent to an activating group) is 1. The lowest BCUT2D eigenvalue weighted by molar-refractivity contribution is -0.148. The standard InChI is InChI=1S/C16H20F3NO4S/c1-15(2,3)24-14(21)10-7-11-20(4)25(22,23)13-9-6-5-8-12(13)16(17,18)19/h5-10H,11H2,1-4H3. The van der Waals surface area contributed by atoms with E-state index in [0.29, 0.717) is 6.07 Å². The molecule has 1 rings (SSSR count). The summed E-state index contributed by atoms with van der Waals surface area (Å²) in [6.07, 6.45) is -2.55. The summed E-state index contributed by atoms with van der Waals surface area (Å²) < 4.78 is 69.5. The molecule has 0 bridgehead atoms. The number of rotatable bonds is 5. The molecule has 0 radical (unpaired) electrons. The van der Waals surface area contributed by atoms with E-state index in [0.717, 1.165) is 29.6 Å². The molecule has 0 heterocycles. The van der Waals surface area contributed by atoms with Gasteiger partial charge >= 0.3 is 12.1 Å². The third-order valence-electron chi connectivity index (χ3n) is 2.90. The van der Waals surface area contributed by atoms with Crippen LogP contribution in [0.15, 0.2) is 41.3 Å². The monoisotopic (exact) mass is 379 g/mol. The molecule has 0 unspecified atom stereocenters. The van der Waals surface area contributed by atoms with E-state index in [1.807, 2.05) is 0 Å². The van der Waals surface area contributed by atoms with Gasteiger partial charge in [0, 0.05) is 19.7 Å². The van der Waals surface area contributed by atoms with Gasteiger partial charge < -0.3 is 4.74 Å². The Morgan fingerprint density at radius 2 is 1.76 bits per heavy atom. The van der Waals surface area contributed by atoms with Crippen molar-refractivity contribution in [3.8, 4) is 0 Å². The van der Waals surface area contributed by atoms with E-state index in [4.69, 9.17) is 4.74 Å². The molecule has 0 aliphatic rings. The maximum absolute atomic E-state index is 13.0. The van der Waals surface area contributed by atoms with Gasteiger partial charge in [0.2, 0.25) is 10.0 Å². The second-order valence-electron chi connectivity index (χ2n) is 6.22. The van der Waals surface area contributed by atoms with E-state index in [1.165, 1.54) is 12.1 Å². The van der Waals surface area contributed by atoms with Crippen molar-refractivity contribution in [1.82, 2.24) is 4.31 Å². The Morgan fingerprint density at radius 1 is 1.20 bits per heavy atom. The Balaban J connectivity index is 2.96. The van der Waals surface area contributed by atoms with Crippen molar-refractivity contribution in [3.63, 3.8) is 0 Å². The van der Waals surface area contributed by atoms with Crippen molar-refractivity contribution in [2.24, 2.45) is 0 Å². The number of carbonyl (C=O) groups excluding carboxylic acids is 1. The second kappa shape index (κ2) is 7.57. The molecule has 0 atom stereocenters.